The Morgan fingerprint density at radius 2 is 2.00 bits per heavy atom. The van der Waals surface area contributed by atoms with Crippen LogP contribution in [0.15, 0.2) is 35.4 Å². The van der Waals surface area contributed by atoms with Crippen LogP contribution in [0.25, 0.3) is 0 Å². The number of carbonyl (C=O) groups excluding carboxylic acids is 1. The van der Waals surface area contributed by atoms with E-state index in [0.717, 1.165) is 13.1 Å². The summed E-state index contributed by atoms with van der Waals surface area (Å²) >= 11 is 0. The quantitative estimate of drug-likeness (QED) is 0.382. The van der Waals surface area contributed by atoms with Crippen LogP contribution in [-0.4, -0.2) is 59.5 Å². The van der Waals surface area contributed by atoms with Crippen molar-refractivity contribution in [2.75, 3.05) is 40.3 Å². The van der Waals surface area contributed by atoms with Gasteiger partial charge in [-0.3, -0.25) is 4.79 Å². The summed E-state index contributed by atoms with van der Waals surface area (Å²) in [6, 6.07) is 0. The van der Waals surface area contributed by atoms with Crippen molar-refractivity contribution in [1.29, 1.82) is 0 Å². The fraction of sp³-hybridized carbons (Fsp3) is 0.533. The van der Waals surface area contributed by atoms with Gasteiger partial charge in [-0.1, -0.05) is 6.58 Å². The van der Waals surface area contributed by atoms with Crippen LogP contribution < -0.4 is 15.4 Å². The second-order valence-electron chi connectivity index (χ2n) is 5.47. The molecule has 130 valence electrons. The number of likely N-dealkylation sites (N-methyl/N-ethyl adjacent to an activating group) is 1. The van der Waals surface area contributed by atoms with E-state index in [2.05, 4.69) is 26.8 Å². The van der Waals surface area contributed by atoms with E-state index in [4.69, 9.17) is 0 Å². The van der Waals surface area contributed by atoms with Gasteiger partial charge >= 0.3 is 0 Å². The van der Waals surface area contributed by atoms with Gasteiger partial charge in [-0.25, -0.2) is 13.1 Å². The second kappa shape index (κ2) is 9.61. The Balaban J connectivity index is 2.42. The molecule has 1 aliphatic carbocycles. The zero-order chi connectivity index (χ0) is 17.3. The molecule has 0 unspecified atom stereocenters. The van der Waals surface area contributed by atoms with Crippen molar-refractivity contribution in [3.05, 3.63) is 35.4 Å². The lowest BCUT2D eigenvalue weighted by Crippen LogP contribution is -2.35. The first-order chi connectivity index (χ1) is 10.8. The molecule has 0 atom stereocenters. The summed E-state index contributed by atoms with van der Waals surface area (Å²) in [5, 5.41) is 5.82. The number of hydrogen-bond donors (Lipinski definition) is 3. The minimum Gasteiger partial charge on any atom is -0.326 e. The number of amides is 1. The van der Waals surface area contributed by atoms with Gasteiger partial charge in [-0.2, -0.15) is 0 Å². The van der Waals surface area contributed by atoms with E-state index < -0.39 is 10.0 Å². The van der Waals surface area contributed by atoms with Crippen LogP contribution in [0.5, 0.6) is 0 Å². The van der Waals surface area contributed by atoms with Crippen LogP contribution in [0.4, 0.5) is 0 Å². The number of rotatable bonds is 10. The molecular formula is C15H26N4O3S. The van der Waals surface area contributed by atoms with Gasteiger partial charge in [0, 0.05) is 31.9 Å². The van der Waals surface area contributed by atoms with Crippen LogP contribution in [0, 0.1) is 0 Å². The highest BCUT2D eigenvalue weighted by Gasteiger charge is 2.19. The van der Waals surface area contributed by atoms with Crippen LogP contribution in [-0.2, 0) is 14.8 Å². The number of sulfonamides is 1. The van der Waals surface area contributed by atoms with Gasteiger partial charge in [0.2, 0.25) is 15.9 Å². The predicted octanol–water partition coefficient (Wildman–Crippen LogP) is -0.0792. The maximum Gasteiger partial charge on any atom is 0.247 e. The van der Waals surface area contributed by atoms with Gasteiger partial charge in [-0.15, -0.1) is 0 Å². The fourth-order valence-corrected chi connectivity index (χ4v) is 3.12. The lowest BCUT2D eigenvalue weighted by atomic mass is 10.1. The van der Waals surface area contributed by atoms with Crippen molar-refractivity contribution in [3.63, 3.8) is 0 Å². The van der Waals surface area contributed by atoms with E-state index in [0.29, 0.717) is 36.5 Å². The molecule has 0 fully saturated rings. The average Bonchev–Trinajstić information content (AvgIpc) is 2.51. The SMILES string of the molecule is C=CC(=O)NC1=CC=C(S(=O)(=O)NCCNCCN(C)C)CC1. The van der Waals surface area contributed by atoms with Crippen molar-refractivity contribution in [2.24, 2.45) is 0 Å². The highest BCUT2D eigenvalue weighted by atomic mass is 32.2. The van der Waals surface area contributed by atoms with Gasteiger partial charge in [0.15, 0.2) is 0 Å². The largest absolute Gasteiger partial charge is 0.326 e. The van der Waals surface area contributed by atoms with Crippen LogP contribution in [0.1, 0.15) is 12.8 Å². The topological polar surface area (TPSA) is 90.5 Å². The molecule has 7 nitrogen and oxygen atoms in total. The highest BCUT2D eigenvalue weighted by molar-refractivity contribution is 7.93. The third kappa shape index (κ3) is 7.56. The zero-order valence-electron chi connectivity index (χ0n) is 13.8. The smallest absolute Gasteiger partial charge is 0.247 e. The molecular weight excluding hydrogens is 316 g/mol. The lowest BCUT2D eigenvalue weighted by Gasteiger charge is -2.16. The molecule has 0 spiro atoms. The molecule has 0 bridgehead atoms. The highest BCUT2D eigenvalue weighted by Crippen LogP contribution is 2.20. The molecule has 0 radical (unpaired) electrons. The number of nitrogens with zero attached hydrogens (tertiary/aromatic N) is 1. The van der Waals surface area contributed by atoms with Crippen molar-refractivity contribution >= 4 is 15.9 Å². The fourth-order valence-electron chi connectivity index (χ4n) is 1.95. The normalized spacial score (nSPS) is 15.1. The third-order valence-electron chi connectivity index (χ3n) is 3.26. The minimum absolute atomic E-state index is 0.294. The Morgan fingerprint density at radius 3 is 2.57 bits per heavy atom. The standard InChI is InChI=1S/C15H26N4O3S/c1-4-15(20)18-13-5-7-14(8-6-13)23(21,22)17-10-9-16-11-12-19(2)3/h4-5,7,16-17H,1,6,8-12H2,2-3H3,(H,18,20). The summed E-state index contributed by atoms with van der Waals surface area (Å²) < 4.78 is 26.9. The molecule has 0 saturated heterocycles. The molecule has 0 aliphatic heterocycles. The first-order valence-corrected chi connectivity index (χ1v) is 9.01. The van der Waals surface area contributed by atoms with E-state index in [1.165, 1.54) is 12.2 Å². The summed E-state index contributed by atoms with van der Waals surface area (Å²) in [5.41, 5.74) is 0.694. The molecule has 0 aromatic heterocycles. The minimum atomic E-state index is -3.46. The summed E-state index contributed by atoms with van der Waals surface area (Å²) in [7, 11) is 0.510. The Morgan fingerprint density at radius 1 is 1.26 bits per heavy atom. The maximum atomic E-state index is 12.2. The van der Waals surface area contributed by atoms with Gasteiger partial charge in [0.05, 0.1) is 4.91 Å². The second-order valence-corrected chi connectivity index (χ2v) is 7.29. The van der Waals surface area contributed by atoms with E-state index in [1.807, 2.05) is 14.1 Å². The van der Waals surface area contributed by atoms with Crippen LogP contribution in [0.2, 0.25) is 0 Å². The van der Waals surface area contributed by atoms with Crippen LogP contribution in [0.3, 0.4) is 0 Å². The van der Waals surface area contributed by atoms with E-state index in [9.17, 15) is 13.2 Å². The Bertz CT molecular complexity index is 580. The van der Waals surface area contributed by atoms with Crippen molar-refractivity contribution in [1.82, 2.24) is 20.3 Å². The van der Waals surface area contributed by atoms with Crippen molar-refractivity contribution in [2.45, 2.75) is 12.8 Å². The molecule has 1 aliphatic rings. The first-order valence-electron chi connectivity index (χ1n) is 7.53. The molecule has 0 aromatic carbocycles. The maximum absolute atomic E-state index is 12.2. The summed E-state index contributed by atoms with van der Waals surface area (Å²) in [5.74, 6) is -0.294. The van der Waals surface area contributed by atoms with Crippen LogP contribution >= 0.6 is 0 Å². The lowest BCUT2D eigenvalue weighted by molar-refractivity contribution is -0.115. The molecule has 1 amide bonds. The Labute approximate surface area is 138 Å². The monoisotopic (exact) mass is 342 g/mol. The van der Waals surface area contributed by atoms with Gasteiger partial charge in [0.1, 0.15) is 0 Å². The first kappa shape index (κ1) is 19.6. The van der Waals surface area contributed by atoms with Gasteiger partial charge < -0.3 is 15.5 Å². The molecule has 0 saturated carbocycles. The summed E-state index contributed by atoms with van der Waals surface area (Å²) in [6.45, 7) is 6.02. The Kier molecular flexibility index (Phi) is 8.18. The molecule has 23 heavy (non-hydrogen) atoms. The van der Waals surface area contributed by atoms with Crippen molar-refractivity contribution < 1.29 is 13.2 Å². The van der Waals surface area contributed by atoms with E-state index in [-0.39, 0.29) is 5.91 Å². The predicted molar refractivity (Wildman–Crippen MR) is 92.1 cm³/mol. The van der Waals surface area contributed by atoms with E-state index >= 15 is 0 Å². The number of hydrogen-bond acceptors (Lipinski definition) is 5. The summed E-state index contributed by atoms with van der Waals surface area (Å²) in [4.78, 5) is 13.6. The zero-order valence-corrected chi connectivity index (χ0v) is 14.6. The van der Waals surface area contributed by atoms with Gasteiger partial charge in [0.25, 0.3) is 0 Å². The van der Waals surface area contributed by atoms with Gasteiger partial charge in [-0.05, 0) is 45.2 Å². The van der Waals surface area contributed by atoms with Crippen molar-refractivity contribution in [3.8, 4) is 0 Å². The molecule has 0 aromatic rings. The molecule has 0 heterocycles. The number of allylic oxidation sites excluding steroid dienone is 4. The molecule has 8 heteroatoms. The molecule has 1 rings (SSSR count). The Hall–Kier alpha value is -1.48. The number of carbonyl (C=O) groups is 1. The molecule has 3 N–H and O–H groups in total. The third-order valence-corrected chi connectivity index (χ3v) is 4.87. The summed E-state index contributed by atoms with van der Waals surface area (Å²) in [6.07, 6.45) is 5.18. The van der Waals surface area contributed by atoms with E-state index in [1.54, 1.807) is 6.08 Å². The number of nitrogens with one attached hydrogen (secondary N) is 3. The average molecular weight is 342 g/mol.